The van der Waals surface area contributed by atoms with Crippen molar-refractivity contribution in [1.29, 1.82) is 0 Å². The first-order valence-corrected chi connectivity index (χ1v) is 8.86. The lowest BCUT2D eigenvalue weighted by molar-refractivity contribution is -0.139. The van der Waals surface area contributed by atoms with Crippen LogP contribution in [0.4, 0.5) is 4.79 Å². The Morgan fingerprint density at radius 3 is 2.04 bits per heavy atom. The van der Waals surface area contributed by atoms with Gasteiger partial charge in [-0.1, -0.05) is 45.0 Å². The molecule has 1 amide bonds. The number of hydrogen-bond acceptors (Lipinski definition) is 4. The highest BCUT2D eigenvalue weighted by molar-refractivity contribution is 5.80. The number of carboxylic acid groups (broad SMARTS) is 1. The summed E-state index contributed by atoms with van der Waals surface area (Å²) < 4.78 is 5.13. The number of nitrogens with one attached hydrogen (secondary N) is 2. The fourth-order valence-corrected chi connectivity index (χ4v) is 2.26. The second-order valence-corrected chi connectivity index (χ2v) is 8.72. The van der Waals surface area contributed by atoms with Crippen LogP contribution in [0.15, 0.2) is 24.3 Å². The van der Waals surface area contributed by atoms with E-state index in [0.29, 0.717) is 0 Å². The lowest BCUT2D eigenvalue weighted by Gasteiger charge is -2.22. The molecule has 1 aromatic carbocycles. The molecule has 0 aromatic heterocycles. The summed E-state index contributed by atoms with van der Waals surface area (Å²) in [6.45, 7) is 13.4. The highest BCUT2D eigenvalue weighted by Crippen LogP contribution is 2.12. The van der Waals surface area contributed by atoms with Gasteiger partial charge in [-0.05, 0) is 37.3 Å². The summed E-state index contributed by atoms with van der Waals surface area (Å²) in [7, 11) is 0. The van der Waals surface area contributed by atoms with Gasteiger partial charge in [0.05, 0.1) is 0 Å². The van der Waals surface area contributed by atoms with Crippen LogP contribution >= 0.6 is 0 Å². The van der Waals surface area contributed by atoms with Gasteiger partial charge in [-0.25, -0.2) is 9.59 Å². The molecule has 0 aliphatic heterocycles. The largest absolute Gasteiger partial charge is 0.480 e. The van der Waals surface area contributed by atoms with Crippen molar-refractivity contribution in [3.63, 3.8) is 0 Å². The fourth-order valence-electron chi connectivity index (χ4n) is 2.26. The van der Waals surface area contributed by atoms with Gasteiger partial charge in [0.1, 0.15) is 11.6 Å². The molecule has 0 saturated heterocycles. The number of amides is 1. The zero-order chi connectivity index (χ0) is 20.0. The molecule has 26 heavy (non-hydrogen) atoms. The first-order chi connectivity index (χ1) is 11.9. The molecule has 1 rings (SSSR count). The molecule has 146 valence electrons. The van der Waals surface area contributed by atoms with E-state index in [9.17, 15) is 14.7 Å². The highest BCUT2D eigenvalue weighted by Gasteiger charge is 2.24. The predicted molar refractivity (Wildman–Crippen MR) is 102 cm³/mol. The Labute approximate surface area is 156 Å². The van der Waals surface area contributed by atoms with Gasteiger partial charge in [-0.15, -0.1) is 0 Å². The number of carbonyl (C=O) groups is 2. The van der Waals surface area contributed by atoms with Gasteiger partial charge in [0.2, 0.25) is 0 Å². The lowest BCUT2D eigenvalue weighted by Crippen LogP contribution is -2.44. The second kappa shape index (κ2) is 9.03. The molecule has 0 bridgehead atoms. The quantitative estimate of drug-likeness (QED) is 0.691. The van der Waals surface area contributed by atoms with E-state index >= 15 is 0 Å². The third-order valence-corrected chi connectivity index (χ3v) is 3.44. The maximum Gasteiger partial charge on any atom is 0.408 e. The first kappa shape index (κ1) is 22.0. The monoisotopic (exact) mass is 364 g/mol. The maximum atomic E-state index is 11.8. The molecule has 1 unspecified atom stereocenters. The molecule has 0 heterocycles. The minimum Gasteiger partial charge on any atom is -0.480 e. The zero-order valence-electron chi connectivity index (χ0n) is 16.7. The van der Waals surface area contributed by atoms with E-state index in [2.05, 4.69) is 31.4 Å². The van der Waals surface area contributed by atoms with E-state index in [1.54, 1.807) is 20.8 Å². The van der Waals surface area contributed by atoms with E-state index in [4.69, 9.17) is 4.74 Å². The van der Waals surface area contributed by atoms with E-state index in [0.717, 1.165) is 24.2 Å². The molecular weight excluding hydrogens is 332 g/mol. The summed E-state index contributed by atoms with van der Waals surface area (Å²) in [6, 6.07) is 6.69. The Morgan fingerprint density at radius 2 is 1.58 bits per heavy atom. The van der Waals surface area contributed by atoms with Gasteiger partial charge in [0.25, 0.3) is 0 Å². The minimum atomic E-state index is -1.09. The molecule has 6 nitrogen and oxygen atoms in total. The van der Waals surface area contributed by atoms with E-state index in [1.807, 2.05) is 24.3 Å². The Hall–Kier alpha value is -2.08. The van der Waals surface area contributed by atoms with Crippen LogP contribution in [0, 0.1) is 5.41 Å². The van der Waals surface area contributed by atoms with Crippen molar-refractivity contribution in [2.24, 2.45) is 5.41 Å². The van der Waals surface area contributed by atoms with Crippen LogP contribution in [0.2, 0.25) is 0 Å². The van der Waals surface area contributed by atoms with Crippen LogP contribution in [0.3, 0.4) is 0 Å². The molecule has 0 aliphatic carbocycles. The van der Waals surface area contributed by atoms with Crippen molar-refractivity contribution < 1.29 is 19.4 Å². The van der Waals surface area contributed by atoms with Crippen LogP contribution in [0.1, 0.15) is 52.7 Å². The van der Waals surface area contributed by atoms with Crippen molar-refractivity contribution in [3.8, 4) is 0 Å². The molecule has 0 spiro atoms. The van der Waals surface area contributed by atoms with Gasteiger partial charge in [-0.3, -0.25) is 0 Å². The molecule has 3 N–H and O–H groups in total. The van der Waals surface area contributed by atoms with Crippen molar-refractivity contribution in [1.82, 2.24) is 10.6 Å². The van der Waals surface area contributed by atoms with Crippen LogP contribution in [-0.4, -0.2) is 35.4 Å². The number of ether oxygens (including phenoxy) is 1. The van der Waals surface area contributed by atoms with Gasteiger partial charge in [-0.2, -0.15) is 0 Å². The molecule has 0 saturated carbocycles. The number of hydrogen-bond donors (Lipinski definition) is 3. The molecule has 0 fully saturated rings. The van der Waals surface area contributed by atoms with Crippen molar-refractivity contribution in [2.75, 3.05) is 6.54 Å². The third-order valence-electron chi connectivity index (χ3n) is 3.44. The molecule has 6 heteroatoms. The Morgan fingerprint density at radius 1 is 1.04 bits per heavy atom. The molecule has 0 aliphatic rings. The van der Waals surface area contributed by atoms with Gasteiger partial charge in [0, 0.05) is 19.5 Å². The third kappa shape index (κ3) is 9.42. The fraction of sp³-hybridized carbons (Fsp3) is 0.600. The normalized spacial score (nSPS) is 13.2. The summed E-state index contributed by atoms with van der Waals surface area (Å²) in [4.78, 5) is 23.2. The Kier molecular flexibility index (Phi) is 7.63. The average Bonchev–Trinajstić information content (AvgIpc) is 2.45. The summed E-state index contributed by atoms with van der Waals surface area (Å²) in [5.41, 5.74) is 1.52. The minimum absolute atomic E-state index is 0.199. The van der Waals surface area contributed by atoms with E-state index in [-0.39, 0.29) is 11.8 Å². The number of rotatable bonds is 7. The lowest BCUT2D eigenvalue weighted by atomic mass is 9.97. The van der Waals surface area contributed by atoms with Crippen LogP contribution in [0.25, 0.3) is 0 Å². The van der Waals surface area contributed by atoms with Crippen LogP contribution in [-0.2, 0) is 22.5 Å². The van der Waals surface area contributed by atoms with E-state index in [1.165, 1.54) is 0 Å². The molecule has 0 radical (unpaired) electrons. The first-order valence-electron chi connectivity index (χ1n) is 8.86. The highest BCUT2D eigenvalue weighted by atomic mass is 16.6. The zero-order valence-corrected chi connectivity index (χ0v) is 16.7. The molecule has 1 aromatic rings. The Bertz CT molecular complexity index is 598. The second-order valence-electron chi connectivity index (χ2n) is 8.72. The van der Waals surface area contributed by atoms with Crippen molar-refractivity contribution in [3.05, 3.63) is 35.4 Å². The maximum absolute atomic E-state index is 11.8. The van der Waals surface area contributed by atoms with Gasteiger partial charge >= 0.3 is 12.1 Å². The SMILES string of the molecule is CC(C)(C)CNCc1ccc(CC(NC(=O)OC(C)(C)C)C(=O)O)cc1. The van der Waals surface area contributed by atoms with Crippen LogP contribution < -0.4 is 10.6 Å². The van der Waals surface area contributed by atoms with Gasteiger partial charge in [0.15, 0.2) is 0 Å². The number of carboxylic acids is 1. The van der Waals surface area contributed by atoms with Crippen molar-refractivity contribution >= 4 is 12.1 Å². The van der Waals surface area contributed by atoms with Gasteiger partial charge < -0.3 is 20.5 Å². The van der Waals surface area contributed by atoms with Crippen molar-refractivity contribution in [2.45, 2.75) is 66.2 Å². The average molecular weight is 364 g/mol. The number of carbonyl (C=O) groups excluding carboxylic acids is 1. The summed E-state index contributed by atoms with van der Waals surface area (Å²) in [6.07, 6.45) is -0.530. The number of alkyl carbamates (subject to hydrolysis) is 1. The Balaban J connectivity index is 2.61. The molecule has 1 atom stereocenters. The number of benzene rings is 1. The molecular formula is C20H32N2O4. The van der Waals surface area contributed by atoms with Crippen LogP contribution in [0.5, 0.6) is 0 Å². The topological polar surface area (TPSA) is 87.7 Å². The standard InChI is InChI=1S/C20H32N2O4/c1-19(2,3)13-21-12-15-9-7-14(8-10-15)11-16(17(23)24)22-18(25)26-20(4,5)6/h7-10,16,21H,11-13H2,1-6H3,(H,22,25)(H,23,24). The summed E-state index contributed by atoms with van der Waals surface area (Å²) in [5, 5.41) is 15.2. The van der Waals surface area contributed by atoms with E-state index < -0.39 is 23.7 Å². The smallest absolute Gasteiger partial charge is 0.408 e. The number of aliphatic carboxylic acids is 1. The summed E-state index contributed by atoms with van der Waals surface area (Å²) >= 11 is 0. The predicted octanol–water partition coefficient (Wildman–Crippen LogP) is 3.34. The summed E-state index contributed by atoms with van der Waals surface area (Å²) in [5.74, 6) is -1.09.